The van der Waals surface area contributed by atoms with Crippen LogP contribution in [0.25, 0.3) is 11.3 Å². The predicted octanol–water partition coefficient (Wildman–Crippen LogP) is 4.79. The zero-order chi connectivity index (χ0) is 24.3. The Hall–Kier alpha value is -3.58. The second-order valence-corrected chi connectivity index (χ2v) is 9.17. The topological polar surface area (TPSA) is 58.3 Å². The second-order valence-electron chi connectivity index (χ2n) is 8.29. The molecule has 1 aromatic heterocycles. The molecule has 2 N–H and O–H groups in total. The molecule has 0 unspecified atom stereocenters. The molecule has 0 bridgehead atoms. The number of hydrogen-bond donors (Lipinski definition) is 2. The van der Waals surface area contributed by atoms with Crippen LogP contribution in [0.3, 0.4) is 0 Å². The molecule has 6 heteroatoms. The number of aromatic nitrogens is 2. The van der Waals surface area contributed by atoms with E-state index in [0.29, 0.717) is 11.2 Å². The Bertz CT molecular complexity index is 1290. The summed E-state index contributed by atoms with van der Waals surface area (Å²) < 4.78 is 1.87. The Morgan fingerprint density at radius 1 is 0.686 bits per heavy atom. The third-order valence-electron chi connectivity index (χ3n) is 6.30. The van der Waals surface area contributed by atoms with E-state index in [9.17, 15) is 10.0 Å². The number of benzene rings is 4. The lowest BCUT2D eigenvalue weighted by molar-refractivity contribution is 0.425. The van der Waals surface area contributed by atoms with Crippen LogP contribution in [0.1, 0.15) is 16.7 Å². The summed E-state index contributed by atoms with van der Waals surface area (Å²) in [5.74, 6) is 0. The summed E-state index contributed by atoms with van der Waals surface area (Å²) in [5.41, 5.74) is 3.95. The largest absolute Gasteiger partial charge is 0.492 e. The van der Waals surface area contributed by atoms with Crippen LogP contribution in [-0.4, -0.2) is 33.2 Å². The number of rotatable bonds is 7. The molecular weight excluding hydrogens is 451 g/mol. The summed E-state index contributed by atoms with van der Waals surface area (Å²) in [4.78, 5) is 1.13. The van der Waals surface area contributed by atoms with Crippen molar-refractivity contribution < 1.29 is 10.0 Å². The Labute approximate surface area is 210 Å². The summed E-state index contributed by atoms with van der Waals surface area (Å²) in [6.07, 6.45) is 3.79. The fourth-order valence-electron chi connectivity index (χ4n) is 4.66. The minimum absolute atomic E-state index is 0.356. The lowest BCUT2D eigenvalue weighted by atomic mass is 9.76. The fraction of sp³-hybridized carbons (Fsp3) is 0.0690. The SMILES string of the molecule is CSc1ccc(-c2nn(C(c3ccccc3)(c3ccccc3)c3ccccc3)cc2B(O)O)cc1. The molecule has 5 aromatic rings. The van der Waals surface area contributed by atoms with Gasteiger partial charge in [0.15, 0.2) is 0 Å². The van der Waals surface area contributed by atoms with E-state index >= 15 is 0 Å². The van der Waals surface area contributed by atoms with Crippen molar-refractivity contribution in [3.63, 3.8) is 0 Å². The van der Waals surface area contributed by atoms with E-state index in [4.69, 9.17) is 5.10 Å². The van der Waals surface area contributed by atoms with Crippen LogP contribution in [0.15, 0.2) is 126 Å². The first kappa shape index (κ1) is 23.2. The first-order valence-corrected chi connectivity index (χ1v) is 12.6. The van der Waals surface area contributed by atoms with Gasteiger partial charge in [-0.3, -0.25) is 4.68 Å². The standard InChI is InChI=1S/C29H25BN2O2S/c1-35-26-19-17-22(18-20-26)28-27(30(33)34)21-32(31-28)29(23-11-5-2-6-12-23,24-13-7-3-8-14-24)25-15-9-4-10-16-25/h2-21,33-34H,1H3. The highest BCUT2D eigenvalue weighted by atomic mass is 32.2. The minimum atomic E-state index is -1.67. The molecule has 4 aromatic carbocycles. The highest BCUT2D eigenvalue weighted by Crippen LogP contribution is 2.40. The molecule has 0 aliphatic rings. The average molecular weight is 476 g/mol. The monoisotopic (exact) mass is 476 g/mol. The zero-order valence-corrected chi connectivity index (χ0v) is 20.1. The van der Waals surface area contributed by atoms with E-state index in [1.54, 1.807) is 18.0 Å². The van der Waals surface area contributed by atoms with Crippen molar-refractivity contribution in [2.45, 2.75) is 10.4 Å². The minimum Gasteiger partial charge on any atom is -0.423 e. The van der Waals surface area contributed by atoms with Gasteiger partial charge < -0.3 is 10.0 Å². The molecular formula is C29H25BN2O2S. The highest BCUT2D eigenvalue weighted by Gasteiger charge is 2.40. The molecule has 0 radical (unpaired) electrons. The predicted molar refractivity (Wildman–Crippen MR) is 144 cm³/mol. The van der Waals surface area contributed by atoms with E-state index in [-0.39, 0.29) is 0 Å². The fourth-order valence-corrected chi connectivity index (χ4v) is 5.06. The van der Waals surface area contributed by atoms with Gasteiger partial charge in [0.25, 0.3) is 0 Å². The van der Waals surface area contributed by atoms with Crippen LogP contribution in [0.2, 0.25) is 0 Å². The van der Waals surface area contributed by atoms with Crippen LogP contribution in [0.4, 0.5) is 0 Å². The lowest BCUT2D eigenvalue weighted by Gasteiger charge is -2.36. The maximum absolute atomic E-state index is 10.4. The van der Waals surface area contributed by atoms with Gasteiger partial charge in [0, 0.05) is 22.1 Å². The van der Waals surface area contributed by atoms with Gasteiger partial charge in [-0.25, -0.2) is 0 Å². The molecule has 0 fully saturated rings. The van der Waals surface area contributed by atoms with Crippen molar-refractivity contribution in [2.75, 3.05) is 6.26 Å². The Kier molecular flexibility index (Phi) is 6.60. The van der Waals surface area contributed by atoms with Gasteiger partial charge in [0.05, 0.1) is 5.69 Å². The van der Waals surface area contributed by atoms with Crippen molar-refractivity contribution >= 4 is 24.3 Å². The van der Waals surface area contributed by atoms with Gasteiger partial charge in [0.2, 0.25) is 0 Å². The molecule has 1 heterocycles. The van der Waals surface area contributed by atoms with Crippen LogP contribution >= 0.6 is 11.8 Å². The molecule has 0 atom stereocenters. The van der Waals surface area contributed by atoms with Gasteiger partial charge in [-0.2, -0.15) is 5.10 Å². The van der Waals surface area contributed by atoms with E-state index in [1.807, 2.05) is 89.8 Å². The lowest BCUT2D eigenvalue weighted by Crippen LogP contribution is -2.39. The Morgan fingerprint density at radius 2 is 1.14 bits per heavy atom. The average Bonchev–Trinajstić information content (AvgIpc) is 3.37. The van der Waals surface area contributed by atoms with Crippen molar-refractivity contribution in [1.82, 2.24) is 9.78 Å². The van der Waals surface area contributed by atoms with Gasteiger partial charge in [-0.1, -0.05) is 103 Å². The van der Waals surface area contributed by atoms with Crippen molar-refractivity contribution in [2.24, 2.45) is 0 Å². The van der Waals surface area contributed by atoms with Crippen LogP contribution in [0, 0.1) is 0 Å². The van der Waals surface area contributed by atoms with Gasteiger partial charge >= 0.3 is 7.12 Å². The molecule has 0 amide bonds. The van der Waals surface area contributed by atoms with Crippen molar-refractivity contribution in [3.05, 3.63) is 138 Å². The maximum Gasteiger partial charge on any atom is 0.492 e. The van der Waals surface area contributed by atoms with Gasteiger partial charge in [0.1, 0.15) is 5.54 Å². The normalized spacial score (nSPS) is 11.4. The quantitative estimate of drug-likeness (QED) is 0.202. The molecule has 0 aliphatic carbocycles. The van der Waals surface area contributed by atoms with E-state index in [0.717, 1.165) is 27.1 Å². The van der Waals surface area contributed by atoms with Crippen molar-refractivity contribution in [1.29, 1.82) is 0 Å². The third kappa shape index (κ3) is 4.21. The molecule has 172 valence electrons. The van der Waals surface area contributed by atoms with E-state index in [1.165, 1.54) is 0 Å². The third-order valence-corrected chi connectivity index (χ3v) is 7.05. The second kappa shape index (κ2) is 9.96. The Balaban J connectivity index is 1.84. The summed E-state index contributed by atoms with van der Waals surface area (Å²) >= 11 is 1.66. The van der Waals surface area contributed by atoms with Crippen LogP contribution < -0.4 is 5.46 Å². The summed E-state index contributed by atoms with van der Waals surface area (Å²) in [6, 6.07) is 38.6. The molecule has 4 nitrogen and oxygen atoms in total. The van der Waals surface area contributed by atoms with Crippen molar-refractivity contribution in [3.8, 4) is 11.3 Å². The molecule has 0 saturated carbocycles. The summed E-state index contributed by atoms with van der Waals surface area (Å²) in [7, 11) is -1.67. The smallest absolute Gasteiger partial charge is 0.423 e. The summed E-state index contributed by atoms with van der Waals surface area (Å²) in [5, 5.41) is 25.8. The van der Waals surface area contributed by atoms with E-state index < -0.39 is 12.7 Å². The van der Waals surface area contributed by atoms with Gasteiger partial charge in [-0.15, -0.1) is 11.8 Å². The molecule has 0 saturated heterocycles. The molecule has 35 heavy (non-hydrogen) atoms. The van der Waals surface area contributed by atoms with Crippen LogP contribution in [-0.2, 0) is 5.54 Å². The van der Waals surface area contributed by atoms with Crippen LogP contribution in [0.5, 0.6) is 0 Å². The number of thioether (sulfide) groups is 1. The maximum atomic E-state index is 10.4. The number of hydrogen-bond acceptors (Lipinski definition) is 4. The highest BCUT2D eigenvalue weighted by molar-refractivity contribution is 7.98. The van der Waals surface area contributed by atoms with Gasteiger partial charge in [-0.05, 0) is 35.1 Å². The van der Waals surface area contributed by atoms with E-state index in [2.05, 4.69) is 36.4 Å². The summed E-state index contributed by atoms with van der Waals surface area (Å²) in [6.45, 7) is 0. The zero-order valence-electron chi connectivity index (χ0n) is 19.3. The number of nitrogens with zero attached hydrogens (tertiary/aromatic N) is 2. The Morgan fingerprint density at radius 3 is 1.54 bits per heavy atom. The molecule has 5 rings (SSSR count). The first-order chi connectivity index (χ1) is 17.1. The molecule has 0 spiro atoms. The molecule has 0 aliphatic heterocycles. The first-order valence-electron chi connectivity index (χ1n) is 11.4.